The molecule has 2 radical (unpaired) electrons. The molecule has 0 saturated carbocycles. The molecule has 4 aromatic rings. The molecule has 0 fully saturated rings. The van der Waals surface area contributed by atoms with Gasteiger partial charge in [-0.3, -0.25) is 0 Å². The van der Waals surface area contributed by atoms with Crippen molar-refractivity contribution in [2.24, 2.45) is 0 Å². The Bertz CT molecular complexity index is 1330. The molecular formula is C31H30BBrO3. The van der Waals surface area contributed by atoms with Gasteiger partial charge in [0.15, 0.2) is 0 Å². The van der Waals surface area contributed by atoms with Crippen LogP contribution in [0.25, 0.3) is 22.3 Å². The molecule has 0 saturated heterocycles. The van der Waals surface area contributed by atoms with E-state index in [-0.39, 0.29) is 0 Å². The van der Waals surface area contributed by atoms with Gasteiger partial charge in [0.05, 0.1) is 12.7 Å². The SMILES string of the molecule is CC.CC.[B]c1ccc(-c2ccc(Br)cc2C2(O)c3ccccc3-c3ccccc32)c(C(=O)OC)c1. The summed E-state index contributed by atoms with van der Waals surface area (Å²) in [4.78, 5) is 12.6. The lowest BCUT2D eigenvalue weighted by Crippen LogP contribution is -2.27. The maximum atomic E-state index is 12.6. The topological polar surface area (TPSA) is 46.5 Å². The van der Waals surface area contributed by atoms with Crippen LogP contribution in [-0.2, 0) is 10.3 Å². The van der Waals surface area contributed by atoms with Gasteiger partial charge in [0, 0.05) is 21.2 Å². The summed E-state index contributed by atoms with van der Waals surface area (Å²) in [5, 5.41) is 12.4. The molecule has 5 heteroatoms. The minimum atomic E-state index is -1.40. The quantitative estimate of drug-likeness (QED) is 0.224. The summed E-state index contributed by atoms with van der Waals surface area (Å²) in [6, 6.07) is 26.6. The number of hydrogen-bond acceptors (Lipinski definition) is 3. The van der Waals surface area contributed by atoms with Crippen LogP contribution < -0.4 is 5.46 Å². The number of hydrogen-bond donors (Lipinski definition) is 1. The second kappa shape index (κ2) is 11.7. The number of methoxy groups -OCH3 is 1. The second-order valence-corrected chi connectivity index (χ2v) is 8.70. The monoisotopic (exact) mass is 540 g/mol. The number of carbonyl (C=O) groups excluding carboxylic acids is 1. The summed E-state index contributed by atoms with van der Waals surface area (Å²) >= 11 is 3.57. The van der Waals surface area contributed by atoms with E-state index in [1.807, 2.05) is 94.4 Å². The lowest BCUT2D eigenvalue weighted by molar-refractivity contribution is 0.0601. The van der Waals surface area contributed by atoms with Gasteiger partial charge in [-0.1, -0.05) is 122 Å². The van der Waals surface area contributed by atoms with E-state index in [9.17, 15) is 9.90 Å². The summed E-state index contributed by atoms with van der Waals surface area (Å²) in [5.74, 6) is -0.486. The molecule has 1 N–H and O–H groups in total. The fraction of sp³-hybridized carbons (Fsp3) is 0.194. The van der Waals surface area contributed by atoms with Crippen LogP contribution in [0.1, 0.15) is 54.7 Å². The summed E-state index contributed by atoms with van der Waals surface area (Å²) in [7, 11) is 7.31. The van der Waals surface area contributed by atoms with Crippen LogP contribution in [0.15, 0.2) is 89.4 Å². The molecular weight excluding hydrogens is 511 g/mol. The van der Waals surface area contributed by atoms with Gasteiger partial charge in [-0.05, 0) is 34.4 Å². The normalized spacial score (nSPS) is 12.2. The highest BCUT2D eigenvalue weighted by Gasteiger charge is 2.44. The Kier molecular flexibility index (Phi) is 8.94. The minimum absolute atomic E-state index is 0.347. The first-order chi connectivity index (χ1) is 17.4. The van der Waals surface area contributed by atoms with E-state index in [2.05, 4.69) is 15.9 Å². The molecule has 1 aliphatic carbocycles. The van der Waals surface area contributed by atoms with Gasteiger partial charge in [0.25, 0.3) is 0 Å². The lowest BCUT2D eigenvalue weighted by Gasteiger charge is -2.29. The maximum absolute atomic E-state index is 12.6. The molecule has 0 aliphatic heterocycles. The molecule has 0 amide bonds. The number of rotatable bonds is 3. The first kappa shape index (κ1) is 27.4. The van der Waals surface area contributed by atoms with E-state index >= 15 is 0 Å². The highest BCUT2D eigenvalue weighted by Crippen LogP contribution is 2.53. The number of aliphatic hydroxyl groups is 1. The molecule has 0 spiro atoms. The zero-order chi connectivity index (χ0) is 26.5. The average molecular weight is 541 g/mol. The van der Waals surface area contributed by atoms with Crippen molar-refractivity contribution in [2.75, 3.05) is 7.11 Å². The molecule has 0 atom stereocenters. The van der Waals surface area contributed by atoms with Gasteiger partial charge < -0.3 is 9.84 Å². The van der Waals surface area contributed by atoms with Crippen LogP contribution in [0.3, 0.4) is 0 Å². The third kappa shape index (κ3) is 4.66. The Hall–Kier alpha value is -3.15. The predicted octanol–water partition coefficient (Wildman–Crippen LogP) is 7.01. The summed E-state index contributed by atoms with van der Waals surface area (Å²) in [6.45, 7) is 8.00. The Morgan fingerprint density at radius 1 is 0.750 bits per heavy atom. The number of esters is 1. The number of fused-ring (bicyclic) bond motifs is 3. The largest absolute Gasteiger partial charge is 0.465 e. The van der Waals surface area contributed by atoms with Crippen molar-refractivity contribution in [1.82, 2.24) is 0 Å². The molecule has 182 valence electrons. The average Bonchev–Trinajstić information content (AvgIpc) is 3.20. The molecule has 1 aliphatic rings. The molecule has 36 heavy (non-hydrogen) atoms. The Labute approximate surface area is 223 Å². The first-order valence-corrected chi connectivity index (χ1v) is 12.9. The van der Waals surface area contributed by atoms with E-state index in [1.165, 1.54) is 7.11 Å². The standard InChI is InChI=1S/C27H18BBrO3.2C2H6/c1-32-26(30)22-14-16(28)10-12-18(22)21-13-11-17(29)15-25(21)27(31)23-8-4-2-6-19(23)20-7-3-5-9-24(20)27;2*1-2/h2-15,31H,1H3;2*1-2H3. The molecule has 0 heterocycles. The van der Waals surface area contributed by atoms with Gasteiger partial charge in [-0.25, -0.2) is 4.79 Å². The van der Waals surface area contributed by atoms with E-state index in [0.29, 0.717) is 22.2 Å². The van der Waals surface area contributed by atoms with Crippen molar-refractivity contribution >= 4 is 35.2 Å². The van der Waals surface area contributed by atoms with Crippen LogP contribution in [0.2, 0.25) is 0 Å². The van der Waals surface area contributed by atoms with Crippen LogP contribution in [0.5, 0.6) is 0 Å². The molecule has 4 aromatic carbocycles. The third-order valence-corrected chi connectivity index (χ3v) is 6.53. The van der Waals surface area contributed by atoms with Crippen LogP contribution in [-0.4, -0.2) is 26.0 Å². The minimum Gasteiger partial charge on any atom is -0.465 e. The zero-order valence-electron chi connectivity index (χ0n) is 21.3. The first-order valence-electron chi connectivity index (χ1n) is 12.1. The number of halogens is 1. The van der Waals surface area contributed by atoms with Gasteiger partial charge in [0.1, 0.15) is 13.4 Å². The van der Waals surface area contributed by atoms with Crippen molar-refractivity contribution < 1.29 is 14.6 Å². The number of carbonyl (C=O) groups is 1. The van der Waals surface area contributed by atoms with Crippen molar-refractivity contribution in [3.8, 4) is 22.3 Å². The van der Waals surface area contributed by atoms with E-state index in [1.54, 1.807) is 18.2 Å². The maximum Gasteiger partial charge on any atom is 0.338 e. The van der Waals surface area contributed by atoms with Gasteiger partial charge in [0.2, 0.25) is 0 Å². The summed E-state index contributed by atoms with van der Waals surface area (Å²) in [6.07, 6.45) is 0. The van der Waals surface area contributed by atoms with Gasteiger partial charge in [-0.2, -0.15) is 0 Å². The zero-order valence-corrected chi connectivity index (χ0v) is 22.9. The Morgan fingerprint density at radius 3 is 1.81 bits per heavy atom. The third-order valence-electron chi connectivity index (χ3n) is 6.03. The van der Waals surface area contributed by atoms with E-state index < -0.39 is 11.6 Å². The smallest absolute Gasteiger partial charge is 0.338 e. The second-order valence-electron chi connectivity index (χ2n) is 7.79. The van der Waals surface area contributed by atoms with Crippen molar-refractivity contribution in [3.05, 3.63) is 112 Å². The number of ether oxygens (including phenoxy) is 1. The van der Waals surface area contributed by atoms with Crippen LogP contribution in [0, 0.1) is 0 Å². The van der Waals surface area contributed by atoms with Crippen LogP contribution in [0.4, 0.5) is 0 Å². The van der Waals surface area contributed by atoms with Gasteiger partial charge >= 0.3 is 5.97 Å². The van der Waals surface area contributed by atoms with E-state index in [0.717, 1.165) is 32.3 Å². The molecule has 0 unspecified atom stereocenters. The van der Waals surface area contributed by atoms with Crippen LogP contribution >= 0.6 is 15.9 Å². The number of benzene rings is 4. The van der Waals surface area contributed by atoms with Gasteiger partial charge in [-0.15, -0.1) is 0 Å². The highest BCUT2D eigenvalue weighted by atomic mass is 79.9. The fourth-order valence-corrected chi connectivity index (χ4v) is 4.99. The van der Waals surface area contributed by atoms with E-state index in [4.69, 9.17) is 12.6 Å². The van der Waals surface area contributed by atoms with Crippen molar-refractivity contribution in [2.45, 2.75) is 33.3 Å². The highest BCUT2D eigenvalue weighted by molar-refractivity contribution is 9.10. The summed E-state index contributed by atoms with van der Waals surface area (Å²) < 4.78 is 5.83. The molecule has 0 aromatic heterocycles. The molecule has 5 rings (SSSR count). The molecule has 3 nitrogen and oxygen atoms in total. The predicted molar refractivity (Wildman–Crippen MR) is 153 cm³/mol. The summed E-state index contributed by atoms with van der Waals surface area (Å²) in [5.41, 5.74) is 5.02. The molecule has 0 bridgehead atoms. The fourth-order valence-electron chi connectivity index (χ4n) is 4.63. The van der Waals surface area contributed by atoms with Crippen molar-refractivity contribution in [3.63, 3.8) is 0 Å². The van der Waals surface area contributed by atoms with Crippen molar-refractivity contribution in [1.29, 1.82) is 0 Å². The Balaban J connectivity index is 0.000000861. The lowest BCUT2D eigenvalue weighted by atomic mass is 9.79. The Morgan fingerprint density at radius 2 is 1.25 bits per heavy atom.